The normalized spacial score (nSPS) is 10.2. The number of hydrogen-bond donors (Lipinski definition) is 2. The highest BCUT2D eigenvalue weighted by molar-refractivity contribution is 8.00. The molecule has 3 N–H and O–H groups in total. The van der Waals surface area contributed by atoms with Crippen molar-refractivity contribution < 1.29 is 9.53 Å². The zero-order valence-corrected chi connectivity index (χ0v) is 13.0. The Morgan fingerprint density at radius 3 is 2.67 bits per heavy atom. The summed E-state index contributed by atoms with van der Waals surface area (Å²) in [6.45, 7) is 0. The van der Waals surface area contributed by atoms with E-state index in [9.17, 15) is 4.79 Å². The summed E-state index contributed by atoms with van der Waals surface area (Å²) < 4.78 is 5.19. The van der Waals surface area contributed by atoms with Crippen LogP contribution in [-0.2, 0) is 4.79 Å². The highest BCUT2D eigenvalue weighted by Crippen LogP contribution is 2.27. The number of thioether (sulfide) groups is 1. The van der Waals surface area contributed by atoms with Crippen LogP contribution in [0.1, 0.15) is 0 Å². The Kier molecular flexibility index (Phi) is 5.36. The number of nitrogens with one attached hydrogen (secondary N) is 1. The Morgan fingerprint density at radius 2 is 2.00 bits per heavy atom. The van der Waals surface area contributed by atoms with E-state index < -0.39 is 0 Å². The molecule has 0 unspecified atom stereocenters. The number of carbonyl (C=O) groups excluding carboxylic acids is 1. The summed E-state index contributed by atoms with van der Waals surface area (Å²) in [4.78, 5) is 12.9. The molecular weight excluding hydrogens is 308 g/mol. The minimum absolute atomic E-state index is 0.113. The summed E-state index contributed by atoms with van der Waals surface area (Å²) in [6, 6.07) is 12.5. The van der Waals surface area contributed by atoms with Crippen LogP contribution in [0.25, 0.3) is 0 Å². The van der Waals surface area contributed by atoms with Gasteiger partial charge in [-0.3, -0.25) is 4.79 Å². The van der Waals surface area contributed by atoms with Gasteiger partial charge in [0.1, 0.15) is 5.75 Å². The number of amides is 1. The lowest BCUT2D eigenvalue weighted by Crippen LogP contribution is -2.14. The number of carbonyl (C=O) groups is 1. The first-order chi connectivity index (χ1) is 10.1. The van der Waals surface area contributed by atoms with Crippen LogP contribution < -0.4 is 15.8 Å². The van der Waals surface area contributed by atoms with E-state index in [2.05, 4.69) is 5.32 Å². The summed E-state index contributed by atoms with van der Waals surface area (Å²) in [7, 11) is 1.53. The molecule has 1 amide bonds. The van der Waals surface area contributed by atoms with Gasteiger partial charge in [0.15, 0.2) is 0 Å². The van der Waals surface area contributed by atoms with E-state index in [1.54, 1.807) is 30.3 Å². The first-order valence-corrected chi connectivity index (χ1v) is 7.56. The van der Waals surface area contributed by atoms with Gasteiger partial charge in [-0.15, -0.1) is 11.8 Å². The molecule has 110 valence electrons. The first kappa shape index (κ1) is 15.5. The molecule has 0 fully saturated rings. The van der Waals surface area contributed by atoms with E-state index >= 15 is 0 Å². The molecule has 0 aliphatic heterocycles. The molecule has 2 aromatic carbocycles. The monoisotopic (exact) mass is 322 g/mol. The number of hydrogen-bond acceptors (Lipinski definition) is 4. The zero-order chi connectivity index (χ0) is 15.2. The number of benzene rings is 2. The summed E-state index contributed by atoms with van der Waals surface area (Å²) >= 11 is 7.25. The molecule has 0 aliphatic rings. The maximum atomic E-state index is 12.0. The van der Waals surface area contributed by atoms with Crippen molar-refractivity contribution in [2.24, 2.45) is 0 Å². The second-order valence-electron chi connectivity index (χ2n) is 4.25. The van der Waals surface area contributed by atoms with Gasteiger partial charge in [-0.25, -0.2) is 0 Å². The van der Waals surface area contributed by atoms with Crippen molar-refractivity contribution in [2.45, 2.75) is 4.90 Å². The molecular formula is C15H15ClN2O2S. The number of rotatable bonds is 5. The molecule has 6 heteroatoms. The molecule has 2 aromatic rings. The molecule has 0 bridgehead atoms. The number of methoxy groups -OCH3 is 1. The Morgan fingerprint density at radius 1 is 1.29 bits per heavy atom. The smallest absolute Gasteiger partial charge is 0.234 e. The summed E-state index contributed by atoms with van der Waals surface area (Å²) in [5.74, 6) is 0.729. The number of halogens is 1. The predicted molar refractivity (Wildman–Crippen MR) is 88.2 cm³/mol. The minimum atomic E-state index is -0.113. The second-order valence-corrected chi connectivity index (χ2v) is 5.74. The molecule has 0 atom stereocenters. The Hall–Kier alpha value is -1.85. The summed E-state index contributed by atoms with van der Waals surface area (Å²) in [5.41, 5.74) is 6.86. The molecule has 0 heterocycles. The average Bonchev–Trinajstić information content (AvgIpc) is 2.48. The van der Waals surface area contributed by atoms with E-state index in [1.165, 1.54) is 18.9 Å². The quantitative estimate of drug-likeness (QED) is 0.651. The SMILES string of the molecule is COc1cc(N)ccc1NC(=O)CSc1ccc(Cl)cc1. The van der Waals surface area contributed by atoms with Crippen LogP contribution in [0.2, 0.25) is 5.02 Å². The maximum Gasteiger partial charge on any atom is 0.234 e. The van der Waals surface area contributed by atoms with Crippen molar-refractivity contribution in [3.63, 3.8) is 0 Å². The third kappa shape index (κ3) is 4.58. The van der Waals surface area contributed by atoms with Crippen LogP contribution in [0.15, 0.2) is 47.4 Å². The van der Waals surface area contributed by atoms with Crippen LogP contribution in [-0.4, -0.2) is 18.8 Å². The molecule has 4 nitrogen and oxygen atoms in total. The van der Waals surface area contributed by atoms with Gasteiger partial charge in [0, 0.05) is 21.7 Å². The van der Waals surface area contributed by atoms with Gasteiger partial charge >= 0.3 is 0 Å². The van der Waals surface area contributed by atoms with Crippen LogP contribution in [0.3, 0.4) is 0 Å². The topological polar surface area (TPSA) is 64.3 Å². The Balaban J connectivity index is 1.94. The third-order valence-electron chi connectivity index (χ3n) is 2.68. The van der Waals surface area contributed by atoms with Crippen LogP contribution in [0.5, 0.6) is 5.75 Å². The van der Waals surface area contributed by atoms with E-state index in [0.29, 0.717) is 27.9 Å². The molecule has 0 aromatic heterocycles. The summed E-state index contributed by atoms with van der Waals surface area (Å²) in [5, 5.41) is 3.48. The molecule has 2 rings (SSSR count). The third-order valence-corrected chi connectivity index (χ3v) is 3.95. The fourth-order valence-electron chi connectivity index (χ4n) is 1.68. The van der Waals surface area contributed by atoms with Gasteiger partial charge in [0.2, 0.25) is 5.91 Å². The van der Waals surface area contributed by atoms with Gasteiger partial charge < -0.3 is 15.8 Å². The van der Waals surface area contributed by atoms with Crippen molar-refractivity contribution in [3.05, 3.63) is 47.5 Å². The van der Waals surface area contributed by atoms with Gasteiger partial charge in [0.05, 0.1) is 18.6 Å². The Bertz CT molecular complexity index is 632. The number of nitrogens with two attached hydrogens (primary N) is 1. The highest BCUT2D eigenvalue weighted by atomic mass is 35.5. The lowest BCUT2D eigenvalue weighted by molar-refractivity contribution is -0.113. The first-order valence-electron chi connectivity index (χ1n) is 6.20. The average molecular weight is 323 g/mol. The van der Waals surface area contributed by atoms with Crippen LogP contribution in [0, 0.1) is 0 Å². The van der Waals surface area contributed by atoms with Crippen LogP contribution >= 0.6 is 23.4 Å². The van der Waals surface area contributed by atoms with E-state index in [-0.39, 0.29) is 5.91 Å². The van der Waals surface area contributed by atoms with Crippen LogP contribution in [0.4, 0.5) is 11.4 Å². The van der Waals surface area contributed by atoms with Crippen molar-refractivity contribution in [2.75, 3.05) is 23.9 Å². The fourth-order valence-corrected chi connectivity index (χ4v) is 2.50. The largest absolute Gasteiger partial charge is 0.494 e. The minimum Gasteiger partial charge on any atom is -0.494 e. The van der Waals surface area contributed by atoms with Gasteiger partial charge in [-0.1, -0.05) is 11.6 Å². The maximum absolute atomic E-state index is 12.0. The highest BCUT2D eigenvalue weighted by Gasteiger charge is 2.08. The number of ether oxygens (including phenoxy) is 1. The van der Waals surface area contributed by atoms with E-state index in [4.69, 9.17) is 22.1 Å². The standard InChI is InChI=1S/C15H15ClN2O2S/c1-20-14-8-11(17)4-7-13(14)18-15(19)9-21-12-5-2-10(16)3-6-12/h2-8H,9,17H2,1H3,(H,18,19). The molecule has 21 heavy (non-hydrogen) atoms. The Labute approximate surface area is 132 Å². The zero-order valence-electron chi connectivity index (χ0n) is 11.4. The number of nitrogen functional groups attached to an aromatic ring is 1. The van der Waals surface area contributed by atoms with E-state index in [0.717, 1.165) is 4.90 Å². The second kappa shape index (κ2) is 7.24. The van der Waals surface area contributed by atoms with Gasteiger partial charge in [0.25, 0.3) is 0 Å². The molecule has 0 saturated carbocycles. The molecule has 0 saturated heterocycles. The van der Waals surface area contributed by atoms with Gasteiger partial charge in [-0.05, 0) is 36.4 Å². The lowest BCUT2D eigenvalue weighted by Gasteiger charge is -2.10. The predicted octanol–water partition coefficient (Wildman–Crippen LogP) is 3.66. The number of anilines is 2. The lowest BCUT2D eigenvalue weighted by atomic mass is 10.2. The van der Waals surface area contributed by atoms with E-state index in [1.807, 2.05) is 12.1 Å². The summed E-state index contributed by atoms with van der Waals surface area (Å²) in [6.07, 6.45) is 0. The van der Waals surface area contributed by atoms with Crippen molar-refractivity contribution in [1.29, 1.82) is 0 Å². The van der Waals surface area contributed by atoms with Crippen molar-refractivity contribution >= 4 is 40.6 Å². The fraction of sp³-hybridized carbons (Fsp3) is 0.133. The molecule has 0 spiro atoms. The van der Waals surface area contributed by atoms with Crippen molar-refractivity contribution in [1.82, 2.24) is 0 Å². The van der Waals surface area contributed by atoms with Crippen molar-refractivity contribution in [3.8, 4) is 5.75 Å². The molecule has 0 radical (unpaired) electrons. The van der Waals surface area contributed by atoms with Gasteiger partial charge in [-0.2, -0.15) is 0 Å². The molecule has 0 aliphatic carbocycles.